The van der Waals surface area contributed by atoms with Crippen LogP contribution in [0.5, 0.6) is 5.75 Å². The van der Waals surface area contributed by atoms with Gasteiger partial charge in [-0.25, -0.2) is 4.79 Å². The van der Waals surface area contributed by atoms with Gasteiger partial charge in [0.05, 0.1) is 12.7 Å². The quantitative estimate of drug-likeness (QED) is 0.543. The molecule has 26 heavy (non-hydrogen) atoms. The molecule has 2 heterocycles. The Balaban J connectivity index is 1.97. The summed E-state index contributed by atoms with van der Waals surface area (Å²) < 4.78 is 5.48. The van der Waals surface area contributed by atoms with Crippen molar-refractivity contribution in [3.05, 3.63) is 55.5 Å². The summed E-state index contributed by atoms with van der Waals surface area (Å²) in [6.45, 7) is 0. The molecule has 0 atom stereocenters. The monoisotopic (exact) mass is 427 g/mol. The molecular formula is C17H11Cl2NO4S2. The van der Waals surface area contributed by atoms with Crippen molar-refractivity contribution in [3.63, 3.8) is 0 Å². The highest BCUT2D eigenvalue weighted by Crippen LogP contribution is 2.38. The molecule has 9 heteroatoms. The van der Waals surface area contributed by atoms with Gasteiger partial charge in [-0.15, -0.1) is 22.7 Å². The predicted octanol–water partition coefficient (Wildman–Crippen LogP) is 5.74. The third-order valence-corrected chi connectivity index (χ3v) is 5.87. The average Bonchev–Trinajstić information content (AvgIpc) is 3.19. The lowest BCUT2D eigenvalue weighted by atomic mass is 10.0. The Kier molecular flexibility index (Phi) is 5.52. The predicted molar refractivity (Wildman–Crippen MR) is 106 cm³/mol. The summed E-state index contributed by atoms with van der Waals surface area (Å²) in [6.07, 6.45) is 0. The average molecular weight is 428 g/mol. The van der Waals surface area contributed by atoms with Gasteiger partial charge in [-0.2, -0.15) is 0 Å². The molecule has 0 spiro atoms. The van der Waals surface area contributed by atoms with E-state index in [4.69, 9.17) is 27.9 Å². The van der Waals surface area contributed by atoms with Crippen molar-refractivity contribution in [3.8, 4) is 16.9 Å². The van der Waals surface area contributed by atoms with Gasteiger partial charge >= 0.3 is 5.97 Å². The van der Waals surface area contributed by atoms with Gasteiger partial charge in [-0.05, 0) is 17.7 Å². The number of hydrogen-bond donors (Lipinski definition) is 2. The molecule has 0 aliphatic carbocycles. The Morgan fingerprint density at radius 3 is 2.42 bits per heavy atom. The third kappa shape index (κ3) is 3.57. The minimum Gasteiger partial charge on any atom is -0.493 e. The zero-order valence-electron chi connectivity index (χ0n) is 13.2. The summed E-state index contributed by atoms with van der Waals surface area (Å²) >= 11 is 14.2. The largest absolute Gasteiger partial charge is 0.493 e. The first-order valence-electron chi connectivity index (χ1n) is 7.15. The molecular weight excluding hydrogens is 417 g/mol. The van der Waals surface area contributed by atoms with Crippen molar-refractivity contribution in [2.75, 3.05) is 12.4 Å². The standard InChI is InChI=1S/C17H11Cl2NO4S2/c1-24-13-11(7-25-14(13)19)15(21)20-16-12(17(22)23)10(6-26-16)8-2-4-9(18)5-3-8/h2-7H,1H3,(H,20,21)(H,22,23). The van der Waals surface area contributed by atoms with E-state index >= 15 is 0 Å². The molecule has 0 aliphatic heterocycles. The number of halogens is 2. The first-order chi connectivity index (χ1) is 12.4. The highest BCUT2D eigenvalue weighted by atomic mass is 35.5. The van der Waals surface area contributed by atoms with Crippen LogP contribution < -0.4 is 10.1 Å². The smallest absolute Gasteiger partial charge is 0.339 e. The minimum absolute atomic E-state index is 0.0194. The number of carboxylic acid groups (broad SMARTS) is 1. The summed E-state index contributed by atoms with van der Waals surface area (Å²) in [7, 11) is 1.41. The molecule has 3 aromatic rings. The van der Waals surface area contributed by atoms with E-state index in [1.165, 1.54) is 7.11 Å². The number of thiophene rings is 2. The molecule has 0 aliphatic rings. The molecule has 2 N–H and O–H groups in total. The van der Waals surface area contributed by atoms with Crippen molar-refractivity contribution in [2.24, 2.45) is 0 Å². The van der Waals surface area contributed by atoms with Gasteiger partial charge in [-0.1, -0.05) is 35.3 Å². The van der Waals surface area contributed by atoms with Crippen molar-refractivity contribution in [2.45, 2.75) is 0 Å². The fraction of sp³-hybridized carbons (Fsp3) is 0.0588. The number of benzene rings is 1. The summed E-state index contributed by atoms with van der Waals surface area (Å²) in [4.78, 5) is 24.3. The van der Waals surface area contributed by atoms with Crippen molar-refractivity contribution in [1.82, 2.24) is 0 Å². The van der Waals surface area contributed by atoms with Crippen LogP contribution in [-0.2, 0) is 0 Å². The molecule has 0 saturated carbocycles. The number of carboxylic acids is 1. The Hall–Kier alpha value is -2.06. The Morgan fingerprint density at radius 1 is 1.12 bits per heavy atom. The zero-order valence-corrected chi connectivity index (χ0v) is 16.4. The van der Waals surface area contributed by atoms with E-state index in [9.17, 15) is 14.7 Å². The van der Waals surface area contributed by atoms with Crippen molar-refractivity contribution < 1.29 is 19.4 Å². The summed E-state index contributed by atoms with van der Waals surface area (Å²) in [5.74, 6) is -1.36. The molecule has 0 saturated heterocycles. The van der Waals surface area contributed by atoms with Crippen molar-refractivity contribution >= 4 is 62.8 Å². The van der Waals surface area contributed by atoms with Gasteiger partial charge < -0.3 is 15.2 Å². The summed E-state index contributed by atoms with van der Waals surface area (Å²) in [6, 6.07) is 6.81. The van der Waals surface area contributed by atoms with Crippen LogP contribution in [0.2, 0.25) is 9.36 Å². The number of carbonyl (C=O) groups excluding carboxylic acids is 1. The number of hydrogen-bond acceptors (Lipinski definition) is 5. The topological polar surface area (TPSA) is 75.6 Å². The fourth-order valence-corrected chi connectivity index (χ4v) is 4.48. The van der Waals surface area contributed by atoms with E-state index in [2.05, 4.69) is 5.32 Å². The highest BCUT2D eigenvalue weighted by molar-refractivity contribution is 7.16. The van der Waals surface area contributed by atoms with Crippen LogP contribution in [0, 0.1) is 0 Å². The number of carbonyl (C=O) groups is 2. The first-order valence-corrected chi connectivity index (χ1v) is 9.67. The number of aromatic carboxylic acids is 1. The molecule has 5 nitrogen and oxygen atoms in total. The van der Waals surface area contributed by atoms with Gasteiger partial charge in [0.15, 0.2) is 5.75 Å². The van der Waals surface area contributed by atoms with Crippen LogP contribution in [-0.4, -0.2) is 24.1 Å². The lowest BCUT2D eigenvalue weighted by Gasteiger charge is -2.07. The van der Waals surface area contributed by atoms with Gasteiger partial charge in [0.1, 0.15) is 14.9 Å². The number of ether oxygens (including phenoxy) is 1. The molecule has 2 aromatic heterocycles. The molecule has 134 valence electrons. The third-order valence-electron chi connectivity index (χ3n) is 3.54. The van der Waals surface area contributed by atoms with Crippen LogP contribution >= 0.6 is 45.9 Å². The normalized spacial score (nSPS) is 10.6. The summed E-state index contributed by atoms with van der Waals surface area (Å²) in [5.41, 5.74) is 1.47. The van der Waals surface area contributed by atoms with Crippen LogP contribution in [0.25, 0.3) is 11.1 Å². The lowest BCUT2D eigenvalue weighted by Crippen LogP contribution is -2.13. The van der Waals surface area contributed by atoms with Crippen LogP contribution in [0.3, 0.4) is 0 Å². The number of amides is 1. The maximum Gasteiger partial charge on any atom is 0.339 e. The maximum absolute atomic E-state index is 12.5. The Morgan fingerprint density at radius 2 is 1.81 bits per heavy atom. The number of nitrogens with one attached hydrogen (secondary N) is 1. The highest BCUT2D eigenvalue weighted by Gasteiger charge is 2.24. The molecule has 0 unspecified atom stereocenters. The van der Waals surface area contributed by atoms with E-state index in [1.807, 2.05) is 0 Å². The van der Waals surface area contributed by atoms with Crippen LogP contribution in [0.1, 0.15) is 20.7 Å². The second kappa shape index (κ2) is 7.67. The van der Waals surface area contributed by atoms with E-state index in [1.54, 1.807) is 35.0 Å². The molecule has 0 radical (unpaired) electrons. The fourth-order valence-electron chi connectivity index (χ4n) is 2.34. The van der Waals surface area contributed by atoms with E-state index in [-0.39, 0.29) is 21.9 Å². The minimum atomic E-state index is -1.14. The van der Waals surface area contributed by atoms with Gasteiger partial charge in [0.25, 0.3) is 5.91 Å². The van der Waals surface area contributed by atoms with Crippen LogP contribution in [0.15, 0.2) is 35.0 Å². The number of rotatable bonds is 5. The van der Waals surface area contributed by atoms with E-state index in [0.29, 0.717) is 20.5 Å². The van der Waals surface area contributed by atoms with Gasteiger partial charge in [0, 0.05) is 21.3 Å². The van der Waals surface area contributed by atoms with Gasteiger partial charge in [0.2, 0.25) is 0 Å². The second-order valence-electron chi connectivity index (χ2n) is 5.08. The molecule has 0 bridgehead atoms. The number of methoxy groups -OCH3 is 1. The maximum atomic E-state index is 12.5. The van der Waals surface area contributed by atoms with Gasteiger partial charge in [-0.3, -0.25) is 4.79 Å². The summed E-state index contributed by atoms with van der Waals surface area (Å²) in [5, 5.41) is 16.3. The number of anilines is 1. The Bertz CT molecular complexity index is 979. The molecule has 3 rings (SSSR count). The van der Waals surface area contributed by atoms with E-state index in [0.717, 1.165) is 22.7 Å². The second-order valence-corrected chi connectivity index (χ2v) is 7.87. The first kappa shape index (κ1) is 18.7. The van der Waals surface area contributed by atoms with Crippen LogP contribution in [0.4, 0.5) is 5.00 Å². The van der Waals surface area contributed by atoms with Crippen molar-refractivity contribution in [1.29, 1.82) is 0 Å². The zero-order chi connectivity index (χ0) is 18.8. The molecule has 0 fully saturated rings. The molecule has 1 aromatic carbocycles. The SMILES string of the molecule is COc1c(C(=O)Nc2scc(-c3ccc(Cl)cc3)c2C(=O)O)csc1Cl. The van der Waals surface area contributed by atoms with E-state index < -0.39 is 11.9 Å². The Labute approximate surface area is 166 Å². The lowest BCUT2D eigenvalue weighted by molar-refractivity contribution is 0.0699. The molecule has 1 amide bonds.